The average Bonchev–Trinajstić information content (AvgIpc) is 2.30. The van der Waals surface area contributed by atoms with E-state index in [1.165, 1.54) is 25.7 Å². The van der Waals surface area contributed by atoms with E-state index in [4.69, 9.17) is 5.26 Å². The summed E-state index contributed by atoms with van der Waals surface area (Å²) in [5.74, 6) is 0.0862. The Morgan fingerprint density at radius 3 is 2.47 bits per heavy atom. The van der Waals surface area contributed by atoms with Crippen molar-refractivity contribution in [1.29, 1.82) is 5.26 Å². The fraction of sp³-hybridized carbons (Fsp3) is 0.500. The van der Waals surface area contributed by atoms with E-state index in [-0.39, 0.29) is 5.92 Å². The highest BCUT2D eigenvalue weighted by Crippen LogP contribution is 2.21. The number of benzene rings is 1. The SMILES string of the molecule is CCCCCC[C@H](C#N)c1ccccc1. The summed E-state index contributed by atoms with van der Waals surface area (Å²) in [6, 6.07) is 12.5. The van der Waals surface area contributed by atoms with E-state index in [0.29, 0.717) is 0 Å². The first-order valence-electron chi connectivity index (χ1n) is 5.83. The van der Waals surface area contributed by atoms with E-state index in [0.717, 1.165) is 12.0 Å². The Bertz CT molecular complexity index is 297. The Morgan fingerprint density at radius 1 is 1.13 bits per heavy atom. The van der Waals surface area contributed by atoms with Gasteiger partial charge in [0, 0.05) is 0 Å². The van der Waals surface area contributed by atoms with Crippen molar-refractivity contribution < 1.29 is 0 Å². The van der Waals surface area contributed by atoms with E-state index < -0.39 is 0 Å². The maximum atomic E-state index is 9.09. The van der Waals surface area contributed by atoms with Crippen LogP contribution in [-0.4, -0.2) is 0 Å². The number of hydrogen-bond acceptors (Lipinski definition) is 1. The summed E-state index contributed by atoms with van der Waals surface area (Å²) in [4.78, 5) is 0. The molecule has 0 aliphatic rings. The van der Waals surface area contributed by atoms with E-state index >= 15 is 0 Å². The summed E-state index contributed by atoms with van der Waals surface area (Å²) in [6.45, 7) is 2.21. The van der Waals surface area contributed by atoms with Gasteiger partial charge in [-0.05, 0) is 12.0 Å². The molecular formula is C14H19N. The van der Waals surface area contributed by atoms with Gasteiger partial charge >= 0.3 is 0 Å². The molecule has 0 heterocycles. The van der Waals surface area contributed by atoms with Crippen LogP contribution in [-0.2, 0) is 0 Å². The number of rotatable bonds is 6. The minimum atomic E-state index is 0.0862. The van der Waals surface area contributed by atoms with Crippen LogP contribution >= 0.6 is 0 Å². The van der Waals surface area contributed by atoms with Gasteiger partial charge in [0.25, 0.3) is 0 Å². The molecule has 0 saturated heterocycles. The van der Waals surface area contributed by atoms with Gasteiger partial charge in [-0.15, -0.1) is 0 Å². The molecular weight excluding hydrogens is 182 g/mol. The van der Waals surface area contributed by atoms with Crippen molar-refractivity contribution in [2.45, 2.75) is 44.9 Å². The van der Waals surface area contributed by atoms with Crippen molar-refractivity contribution in [3.8, 4) is 6.07 Å². The molecule has 0 aromatic heterocycles. The third-order valence-electron chi connectivity index (χ3n) is 2.70. The lowest BCUT2D eigenvalue weighted by Crippen LogP contribution is -1.95. The van der Waals surface area contributed by atoms with Crippen molar-refractivity contribution >= 4 is 0 Å². The van der Waals surface area contributed by atoms with Crippen LogP contribution in [0.15, 0.2) is 30.3 Å². The van der Waals surface area contributed by atoms with Crippen LogP contribution in [0.1, 0.15) is 50.5 Å². The number of nitriles is 1. The van der Waals surface area contributed by atoms with Crippen LogP contribution in [0.5, 0.6) is 0 Å². The minimum Gasteiger partial charge on any atom is -0.198 e. The smallest absolute Gasteiger partial charge is 0.0712 e. The van der Waals surface area contributed by atoms with Gasteiger partial charge in [-0.3, -0.25) is 0 Å². The van der Waals surface area contributed by atoms with Crippen molar-refractivity contribution in [1.82, 2.24) is 0 Å². The highest BCUT2D eigenvalue weighted by molar-refractivity contribution is 5.24. The molecule has 0 aliphatic carbocycles. The monoisotopic (exact) mass is 201 g/mol. The molecule has 0 unspecified atom stereocenters. The normalized spacial score (nSPS) is 12.0. The maximum Gasteiger partial charge on any atom is 0.0712 e. The highest BCUT2D eigenvalue weighted by Gasteiger charge is 2.08. The van der Waals surface area contributed by atoms with E-state index in [9.17, 15) is 0 Å². The molecule has 0 saturated carbocycles. The molecule has 0 amide bonds. The average molecular weight is 201 g/mol. The fourth-order valence-electron chi connectivity index (χ4n) is 1.77. The Hall–Kier alpha value is -1.29. The topological polar surface area (TPSA) is 23.8 Å². The second-order valence-electron chi connectivity index (χ2n) is 3.94. The van der Waals surface area contributed by atoms with Crippen molar-refractivity contribution in [2.75, 3.05) is 0 Å². The first-order chi connectivity index (χ1) is 7.38. The number of hydrogen-bond donors (Lipinski definition) is 0. The lowest BCUT2D eigenvalue weighted by Gasteiger charge is -2.08. The molecule has 15 heavy (non-hydrogen) atoms. The van der Waals surface area contributed by atoms with Crippen molar-refractivity contribution in [3.05, 3.63) is 35.9 Å². The molecule has 1 heteroatoms. The predicted molar refractivity (Wildman–Crippen MR) is 63.6 cm³/mol. The Labute approximate surface area is 92.7 Å². The molecule has 1 rings (SSSR count). The first-order valence-corrected chi connectivity index (χ1v) is 5.83. The molecule has 0 bridgehead atoms. The van der Waals surface area contributed by atoms with Crippen LogP contribution in [0.2, 0.25) is 0 Å². The van der Waals surface area contributed by atoms with E-state index in [2.05, 4.69) is 13.0 Å². The van der Waals surface area contributed by atoms with Crippen LogP contribution in [0.4, 0.5) is 0 Å². The van der Waals surface area contributed by atoms with Gasteiger partial charge < -0.3 is 0 Å². The molecule has 1 nitrogen and oxygen atoms in total. The summed E-state index contributed by atoms with van der Waals surface area (Å²) >= 11 is 0. The Kier molecular flexibility index (Phi) is 5.55. The Balaban J connectivity index is 2.41. The van der Waals surface area contributed by atoms with Crippen LogP contribution in [0.25, 0.3) is 0 Å². The second-order valence-corrected chi connectivity index (χ2v) is 3.94. The zero-order chi connectivity index (χ0) is 10.9. The third-order valence-corrected chi connectivity index (χ3v) is 2.70. The highest BCUT2D eigenvalue weighted by atomic mass is 14.3. The summed E-state index contributed by atoms with van der Waals surface area (Å²) in [6.07, 6.45) is 5.96. The van der Waals surface area contributed by atoms with Crippen LogP contribution in [0.3, 0.4) is 0 Å². The summed E-state index contributed by atoms with van der Waals surface area (Å²) < 4.78 is 0. The van der Waals surface area contributed by atoms with Gasteiger partial charge in [0.15, 0.2) is 0 Å². The summed E-state index contributed by atoms with van der Waals surface area (Å²) in [5.41, 5.74) is 1.16. The quantitative estimate of drug-likeness (QED) is 0.631. The zero-order valence-electron chi connectivity index (χ0n) is 9.45. The van der Waals surface area contributed by atoms with Crippen molar-refractivity contribution in [3.63, 3.8) is 0 Å². The second kappa shape index (κ2) is 7.06. The third kappa shape index (κ3) is 4.16. The van der Waals surface area contributed by atoms with Gasteiger partial charge in [0.05, 0.1) is 12.0 Å². The van der Waals surface area contributed by atoms with E-state index in [1.807, 2.05) is 30.3 Å². The lowest BCUT2D eigenvalue weighted by atomic mass is 9.94. The predicted octanol–water partition coefficient (Wildman–Crippen LogP) is 4.26. The molecule has 1 aromatic carbocycles. The summed E-state index contributed by atoms with van der Waals surface area (Å²) in [7, 11) is 0. The van der Waals surface area contributed by atoms with Gasteiger partial charge in [-0.1, -0.05) is 62.9 Å². The Morgan fingerprint density at radius 2 is 1.87 bits per heavy atom. The van der Waals surface area contributed by atoms with Gasteiger partial charge in [0.1, 0.15) is 0 Å². The largest absolute Gasteiger partial charge is 0.198 e. The maximum absolute atomic E-state index is 9.09. The molecule has 0 spiro atoms. The van der Waals surface area contributed by atoms with Crippen LogP contribution in [0, 0.1) is 11.3 Å². The van der Waals surface area contributed by atoms with Gasteiger partial charge in [0.2, 0.25) is 0 Å². The standard InChI is InChI=1S/C14H19N/c1-2-3-4-6-11-14(12-15)13-9-7-5-8-10-13/h5,7-10,14H,2-4,6,11H2,1H3/t14-/m1/s1. The van der Waals surface area contributed by atoms with Crippen molar-refractivity contribution in [2.24, 2.45) is 0 Å². The van der Waals surface area contributed by atoms with Gasteiger partial charge in [-0.2, -0.15) is 5.26 Å². The molecule has 0 N–H and O–H groups in total. The summed E-state index contributed by atoms with van der Waals surface area (Å²) in [5, 5.41) is 9.09. The fourth-order valence-corrected chi connectivity index (χ4v) is 1.77. The number of nitrogens with zero attached hydrogens (tertiary/aromatic N) is 1. The molecule has 0 radical (unpaired) electrons. The molecule has 80 valence electrons. The minimum absolute atomic E-state index is 0.0862. The van der Waals surface area contributed by atoms with Crippen LogP contribution < -0.4 is 0 Å². The first kappa shape index (κ1) is 11.8. The molecule has 0 fully saturated rings. The number of unbranched alkanes of at least 4 members (excludes halogenated alkanes) is 3. The zero-order valence-corrected chi connectivity index (χ0v) is 9.45. The van der Waals surface area contributed by atoms with E-state index in [1.54, 1.807) is 0 Å². The molecule has 1 aromatic rings. The molecule has 1 atom stereocenters. The lowest BCUT2D eigenvalue weighted by molar-refractivity contribution is 0.608. The molecule has 0 aliphatic heterocycles. The van der Waals surface area contributed by atoms with Gasteiger partial charge in [-0.25, -0.2) is 0 Å².